The van der Waals surface area contributed by atoms with Crippen molar-refractivity contribution in [3.8, 4) is 11.1 Å². The summed E-state index contributed by atoms with van der Waals surface area (Å²) in [7, 11) is 3.31. The molecule has 0 aliphatic rings. The van der Waals surface area contributed by atoms with Crippen molar-refractivity contribution in [2.45, 2.75) is 18.5 Å². The number of benzene rings is 2. The van der Waals surface area contributed by atoms with Crippen LogP contribution in [-0.2, 0) is 22.1 Å². The van der Waals surface area contributed by atoms with Gasteiger partial charge in [0.25, 0.3) is 0 Å². The number of carbonyl (C=O) groups is 1. The largest absolute Gasteiger partial charge is 0.416 e. The van der Waals surface area contributed by atoms with Crippen LogP contribution in [0.4, 0.5) is 13.2 Å². The normalized spacial score (nSPS) is 12.6. The molecule has 182 valence electrons. The molecule has 0 N–H and O–H groups in total. The highest BCUT2D eigenvalue weighted by atomic mass is 19.4. The topological polar surface area (TPSA) is 59.7 Å². The van der Waals surface area contributed by atoms with Gasteiger partial charge in [-0.05, 0) is 35.7 Å². The second-order valence-corrected chi connectivity index (χ2v) is 8.23. The number of amides is 1. The fourth-order valence-electron chi connectivity index (χ4n) is 3.99. The van der Waals surface area contributed by atoms with Crippen molar-refractivity contribution in [1.29, 1.82) is 0 Å². The lowest BCUT2D eigenvalue weighted by atomic mass is 9.94. The summed E-state index contributed by atoms with van der Waals surface area (Å²) in [6.07, 6.45) is -0.802. The highest BCUT2D eigenvalue weighted by Gasteiger charge is 2.30. The first-order valence-corrected chi connectivity index (χ1v) is 11.1. The standard InChI is InChI=1S/C26H25F3N4O2/c1-32(14-15-35-2)25(34)21(16-18-6-4-3-5-7-18)23-12-13-30-24-22(17-31-33(23)24)19-8-10-20(11-9-19)26(27,28)29/h3-13,17,21H,14-16H2,1-2H3. The molecule has 2 heterocycles. The van der Waals surface area contributed by atoms with E-state index in [1.807, 2.05) is 30.3 Å². The smallest absolute Gasteiger partial charge is 0.383 e. The van der Waals surface area contributed by atoms with Gasteiger partial charge in [0.05, 0.1) is 30.0 Å². The van der Waals surface area contributed by atoms with Gasteiger partial charge in [0.1, 0.15) is 0 Å². The molecule has 0 fully saturated rings. The molecule has 9 heteroatoms. The number of methoxy groups -OCH3 is 1. The Morgan fingerprint density at radius 1 is 1.09 bits per heavy atom. The maximum Gasteiger partial charge on any atom is 0.416 e. The number of nitrogens with zero attached hydrogens (tertiary/aromatic N) is 4. The molecule has 4 aromatic rings. The molecule has 35 heavy (non-hydrogen) atoms. The lowest BCUT2D eigenvalue weighted by Crippen LogP contribution is -2.35. The van der Waals surface area contributed by atoms with Gasteiger partial charge in [-0.1, -0.05) is 42.5 Å². The summed E-state index contributed by atoms with van der Waals surface area (Å²) in [5.41, 5.74) is 2.52. The third-order valence-corrected chi connectivity index (χ3v) is 5.90. The van der Waals surface area contributed by atoms with Crippen LogP contribution in [0.2, 0.25) is 0 Å². The molecule has 0 saturated heterocycles. The molecule has 0 saturated carbocycles. The molecule has 0 bridgehead atoms. The molecule has 1 unspecified atom stereocenters. The molecular weight excluding hydrogens is 457 g/mol. The Kier molecular flexibility index (Phi) is 7.16. The van der Waals surface area contributed by atoms with Gasteiger partial charge in [0, 0.05) is 32.5 Å². The Labute approximate surface area is 201 Å². The summed E-state index contributed by atoms with van der Waals surface area (Å²) in [5, 5.41) is 4.47. The van der Waals surface area contributed by atoms with Gasteiger partial charge < -0.3 is 9.64 Å². The van der Waals surface area contributed by atoms with E-state index in [4.69, 9.17) is 4.74 Å². The summed E-state index contributed by atoms with van der Waals surface area (Å²) in [4.78, 5) is 19.6. The van der Waals surface area contributed by atoms with Crippen molar-refractivity contribution in [3.63, 3.8) is 0 Å². The SMILES string of the molecule is COCCN(C)C(=O)C(Cc1ccccc1)c1ccnc2c(-c3ccc(C(F)(F)F)cc3)cnn12. The molecule has 2 aromatic carbocycles. The first-order valence-electron chi connectivity index (χ1n) is 11.1. The van der Waals surface area contributed by atoms with E-state index in [2.05, 4.69) is 10.1 Å². The molecule has 6 nitrogen and oxygen atoms in total. The second kappa shape index (κ2) is 10.3. The molecular formula is C26H25F3N4O2. The average Bonchev–Trinajstić information content (AvgIpc) is 3.30. The average molecular weight is 483 g/mol. The van der Waals surface area contributed by atoms with E-state index in [1.54, 1.807) is 42.0 Å². The molecule has 0 aliphatic heterocycles. The van der Waals surface area contributed by atoms with Crippen molar-refractivity contribution in [2.75, 3.05) is 27.3 Å². The zero-order valence-electron chi connectivity index (χ0n) is 19.4. The number of hydrogen-bond donors (Lipinski definition) is 0. The van der Waals surface area contributed by atoms with Crippen LogP contribution in [0.25, 0.3) is 16.8 Å². The fourth-order valence-corrected chi connectivity index (χ4v) is 3.99. The van der Waals surface area contributed by atoms with Crippen molar-refractivity contribution < 1.29 is 22.7 Å². The molecule has 1 atom stereocenters. The minimum absolute atomic E-state index is 0.0926. The van der Waals surface area contributed by atoms with Crippen LogP contribution in [-0.4, -0.2) is 52.7 Å². The van der Waals surface area contributed by atoms with Gasteiger partial charge in [-0.15, -0.1) is 0 Å². The maximum absolute atomic E-state index is 13.5. The highest BCUT2D eigenvalue weighted by Crippen LogP contribution is 2.32. The number of carbonyl (C=O) groups excluding carboxylic acids is 1. The number of ether oxygens (including phenoxy) is 1. The van der Waals surface area contributed by atoms with E-state index < -0.39 is 17.7 Å². The van der Waals surface area contributed by atoms with Crippen LogP contribution >= 0.6 is 0 Å². The predicted octanol–water partition coefficient (Wildman–Crippen LogP) is 4.85. The molecule has 1 amide bonds. The minimum Gasteiger partial charge on any atom is -0.383 e. The van der Waals surface area contributed by atoms with Crippen molar-refractivity contribution in [1.82, 2.24) is 19.5 Å². The molecule has 0 radical (unpaired) electrons. The lowest BCUT2D eigenvalue weighted by Gasteiger charge is -2.24. The lowest BCUT2D eigenvalue weighted by molar-refractivity contribution is -0.137. The first kappa shape index (κ1) is 24.4. The number of hydrogen-bond acceptors (Lipinski definition) is 4. The van der Waals surface area contributed by atoms with Gasteiger partial charge >= 0.3 is 6.18 Å². The zero-order valence-corrected chi connectivity index (χ0v) is 19.4. The van der Waals surface area contributed by atoms with Crippen LogP contribution in [0.15, 0.2) is 73.1 Å². The Hall–Kier alpha value is -3.72. The Bertz CT molecular complexity index is 1290. The van der Waals surface area contributed by atoms with Crippen molar-refractivity contribution in [2.24, 2.45) is 0 Å². The Morgan fingerprint density at radius 2 is 1.80 bits per heavy atom. The fraction of sp³-hybridized carbons (Fsp3) is 0.269. The molecule has 4 rings (SSSR count). The third kappa shape index (κ3) is 5.35. The van der Waals surface area contributed by atoms with Crippen LogP contribution < -0.4 is 0 Å². The number of halogens is 3. The third-order valence-electron chi connectivity index (χ3n) is 5.90. The van der Waals surface area contributed by atoms with Crippen LogP contribution in [0.5, 0.6) is 0 Å². The maximum atomic E-state index is 13.5. The van der Waals surface area contributed by atoms with Gasteiger partial charge in [-0.25, -0.2) is 9.50 Å². The second-order valence-electron chi connectivity index (χ2n) is 8.23. The van der Waals surface area contributed by atoms with E-state index in [9.17, 15) is 18.0 Å². The number of aromatic nitrogens is 3. The van der Waals surface area contributed by atoms with E-state index in [0.29, 0.717) is 42.0 Å². The summed E-state index contributed by atoms with van der Waals surface area (Å²) in [6, 6.07) is 16.3. The predicted molar refractivity (Wildman–Crippen MR) is 126 cm³/mol. The van der Waals surface area contributed by atoms with Crippen molar-refractivity contribution in [3.05, 3.63) is 89.9 Å². The van der Waals surface area contributed by atoms with E-state index in [1.165, 1.54) is 12.1 Å². The first-order chi connectivity index (χ1) is 16.8. The van der Waals surface area contributed by atoms with E-state index in [0.717, 1.165) is 17.7 Å². The highest BCUT2D eigenvalue weighted by molar-refractivity contribution is 5.84. The van der Waals surface area contributed by atoms with Gasteiger partial charge in [-0.3, -0.25) is 4.79 Å². The van der Waals surface area contributed by atoms with E-state index >= 15 is 0 Å². The summed E-state index contributed by atoms with van der Waals surface area (Å²) >= 11 is 0. The van der Waals surface area contributed by atoms with Crippen LogP contribution in [0.3, 0.4) is 0 Å². The van der Waals surface area contributed by atoms with Gasteiger partial charge in [0.2, 0.25) is 5.91 Å². The Balaban J connectivity index is 1.75. The van der Waals surface area contributed by atoms with E-state index in [-0.39, 0.29) is 5.91 Å². The van der Waals surface area contributed by atoms with Crippen LogP contribution in [0, 0.1) is 0 Å². The molecule has 0 aliphatic carbocycles. The number of alkyl halides is 3. The number of likely N-dealkylation sites (N-methyl/N-ethyl adjacent to an activating group) is 1. The number of rotatable bonds is 8. The monoisotopic (exact) mass is 482 g/mol. The van der Waals surface area contributed by atoms with Crippen LogP contribution in [0.1, 0.15) is 22.7 Å². The number of fused-ring (bicyclic) bond motifs is 1. The molecule has 0 spiro atoms. The molecule has 2 aromatic heterocycles. The van der Waals surface area contributed by atoms with Gasteiger partial charge in [-0.2, -0.15) is 18.3 Å². The summed E-state index contributed by atoms with van der Waals surface area (Å²) in [5.74, 6) is -0.643. The Morgan fingerprint density at radius 3 is 2.46 bits per heavy atom. The zero-order chi connectivity index (χ0) is 25.0. The minimum atomic E-state index is -4.41. The van der Waals surface area contributed by atoms with Gasteiger partial charge in [0.15, 0.2) is 5.65 Å². The van der Waals surface area contributed by atoms with Crippen molar-refractivity contribution >= 4 is 11.6 Å². The summed E-state index contributed by atoms with van der Waals surface area (Å²) in [6.45, 7) is 0.844. The summed E-state index contributed by atoms with van der Waals surface area (Å²) < 4.78 is 45.7. The quantitative estimate of drug-likeness (QED) is 0.360.